The molecule has 1 aliphatic rings. The lowest BCUT2D eigenvalue weighted by Crippen LogP contribution is -2.14. The summed E-state index contributed by atoms with van der Waals surface area (Å²) in [6.07, 6.45) is 6.30. The normalized spacial score (nSPS) is 16.4. The molecule has 0 spiro atoms. The average molecular weight is 521 g/mol. The van der Waals surface area contributed by atoms with E-state index in [0.29, 0.717) is 12.0 Å². The van der Waals surface area contributed by atoms with Gasteiger partial charge in [-0.15, -0.1) is 0 Å². The van der Waals surface area contributed by atoms with E-state index in [2.05, 4.69) is 24.3 Å². The molecular weight excluding hydrogens is 496 g/mol. The highest BCUT2D eigenvalue weighted by Gasteiger charge is 2.20. The molecule has 2 N–H and O–H groups in total. The van der Waals surface area contributed by atoms with Crippen LogP contribution in [0, 0.1) is 5.92 Å². The highest BCUT2D eigenvalue weighted by molar-refractivity contribution is 7.85. The van der Waals surface area contributed by atoms with Crippen LogP contribution in [0.4, 0.5) is 0 Å². The first-order valence-electron chi connectivity index (χ1n) is 11.4. The molecule has 1 atom stereocenters. The number of hydrogen-bond acceptors (Lipinski definition) is 4. The van der Waals surface area contributed by atoms with Crippen LogP contribution in [0.3, 0.4) is 0 Å². The van der Waals surface area contributed by atoms with E-state index in [1.165, 1.54) is 0 Å². The Morgan fingerprint density at radius 1 is 0.694 bits per heavy atom. The third kappa shape index (κ3) is 5.12. The topological polar surface area (TPSA) is 109 Å². The lowest BCUT2D eigenvalue weighted by atomic mass is 9.84. The predicted molar refractivity (Wildman–Crippen MR) is 144 cm³/mol. The van der Waals surface area contributed by atoms with Gasteiger partial charge < -0.3 is 0 Å². The van der Waals surface area contributed by atoms with Gasteiger partial charge in [0, 0.05) is 0 Å². The molecule has 0 saturated heterocycles. The monoisotopic (exact) mass is 520 g/mol. The number of hydrogen-bond donors (Lipinski definition) is 2. The second-order valence-corrected chi connectivity index (χ2v) is 12.0. The number of fused-ring (bicyclic) bond motifs is 2. The second-order valence-electron chi connectivity index (χ2n) is 9.03. The molecular formula is C28H24O6S2. The highest BCUT2D eigenvalue weighted by Crippen LogP contribution is 2.43. The van der Waals surface area contributed by atoms with Gasteiger partial charge in [-0.3, -0.25) is 9.11 Å². The van der Waals surface area contributed by atoms with Crippen molar-refractivity contribution in [1.82, 2.24) is 0 Å². The van der Waals surface area contributed by atoms with Gasteiger partial charge in [0.15, 0.2) is 0 Å². The van der Waals surface area contributed by atoms with Crippen LogP contribution in [0.2, 0.25) is 0 Å². The Morgan fingerprint density at radius 3 is 1.67 bits per heavy atom. The Bertz CT molecular complexity index is 1690. The maximum atomic E-state index is 11.3. The van der Waals surface area contributed by atoms with Crippen molar-refractivity contribution < 1.29 is 25.9 Å². The number of rotatable bonds is 6. The summed E-state index contributed by atoms with van der Waals surface area (Å²) in [5, 5.41) is 4.14. The summed E-state index contributed by atoms with van der Waals surface area (Å²) >= 11 is 0. The molecule has 1 aliphatic carbocycles. The van der Waals surface area contributed by atoms with E-state index in [0.717, 1.165) is 43.8 Å². The van der Waals surface area contributed by atoms with Crippen LogP contribution in [0.1, 0.15) is 17.5 Å². The lowest BCUT2D eigenvalue weighted by molar-refractivity contribution is 0.474. The summed E-state index contributed by atoms with van der Waals surface area (Å²) in [4.78, 5) is 0. The molecule has 0 fully saturated rings. The summed E-state index contributed by atoms with van der Waals surface area (Å²) in [5.74, 6) is -1.02. The molecule has 6 nitrogen and oxygen atoms in total. The summed E-state index contributed by atoms with van der Waals surface area (Å²) in [6.45, 7) is 0. The van der Waals surface area contributed by atoms with Crippen molar-refractivity contribution in [1.29, 1.82) is 0 Å². The molecule has 0 amide bonds. The SMILES string of the molecule is O=S(=O)(O)Cc1ccc(-c2c3ccccc3c(C3=CC[C@H](CS(=O)(=O)O)C=C3)c3ccccc23)cc1. The van der Waals surface area contributed by atoms with Gasteiger partial charge in [0.25, 0.3) is 20.2 Å². The summed E-state index contributed by atoms with van der Waals surface area (Å²) in [5.41, 5.74) is 4.49. The van der Waals surface area contributed by atoms with E-state index >= 15 is 0 Å². The van der Waals surface area contributed by atoms with Crippen molar-refractivity contribution in [2.45, 2.75) is 12.2 Å². The first-order valence-corrected chi connectivity index (χ1v) is 14.6. The molecule has 0 bridgehead atoms. The Balaban J connectivity index is 1.68. The van der Waals surface area contributed by atoms with Gasteiger partial charge in [0.2, 0.25) is 0 Å². The zero-order valence-corrected chi connectivity index (χ0v) is 20.8. The molecule has 4 aromatic carbocycles. The first kappa shape index (κ1) is 24.4. The summed E-state index contributed by atoms with van der Waals surface area (Å²) in [6, 6.07) is 23.3. The van der Waals surface area contributed by atoms with Gasteiger partial charge in [-0.1, -0.05) is 91.0 Å². The summed E-state index contributed by atoms with van der Waals surface area (Å²) < 4.78 is 63.6. The second kappa shape index (κ2) is 9.29. The third-order valence-electron chi connectivity index (χ3n) is 6.42. The number of allylic oxidation sites excluding steroid dienone is 4. The van der Waals surface area contributed by atoms with E-state index in [9.17, 15) is 25.9 Å². The van der Waals surface area contributed by atoms with Crippen molar-refractivity contribution in [3.05, 3.63) is 102 Å². The van der Waals surface area contributed by atoms with E-state index in [4.69, 9.17) is 0 Å². The van der Waals surface area contributed by atoms with E-state index in [1.54, 1.807) is 12.1 Å². The van der Waals surface area contributed by atoms with Gasteiger partial charge in [-0.05, 0) is 61.7 Å². The van der Waals surface area contributed by atoms with Crippen LogP contribution < -0.4 is 0 Å². The summed E-state index contributed by atoms with van der Waals surface area (Å²) in [7, 11) is -8.17. The molecule has 0 aromatic heterocycles. The smallest absolute Gasteiger partial charge is 0.269 e. The molecule has 0 unspecified atom stereocenters. The van der Waals surface area contributed by atoms with Crippen molar-refractivity contribution in [3.63, 3.8) is 0 Å². The van der Waals surface area contributed by atoms with Crippen molar-refractivity contribution >= 4 is 47.4 Å². The van der Waals surface area contributed by atoms with Crippen LogP contribution in [0.5, 0.6) is 0 Å². The quantitative estimate of drug-likeness (QED) is 0.242. The molecule has 0 heterocycles. The Kier molecular flexibility index (Phi) is 6.30. The van der Waals surface area contributed by atoms with Gasteiger partial charge in [-0.2, -0.15) is 16.8 Å². The van der Waals surface area contributed by atoms with E-state index in [1.807, 2.05) is 54.6 Å². The molecule has 0 saturated carbocycles. The zero-order chi connectivity index (χ0) is 25.5. The largest absolute Gasteiger partial charge is 0.286 e. The van der Waals surface area contributed by atoms with Crippen molar-refractivity contribution in [2.24, 2.45) is 5.92 Å². The zero-order valence-electron chi connectivity index (χ0n) is 19.2. The predicted octanol–water partition coefficient (Wildman–Crippen LogP) is 5.90. The minimum absolute atomic E-state index is 0.276. The molecule has 8 heteroatoms. The maximum Gasteiger partial charge on any atom is 0.269 e. The molecule has 36 heavy (non-hydrogen) atoms. The van der Waals surface area contributed by atoms with Crippen LogP contribution in [0.25, 0.3) is 38.2 Å². The Morgan fingerprint density at radius 2 is 1.22 bits per heavy atom. The van der Waals surface area contributed by atoms with Gasteiger partial charge >= 0.3 is 0 Å². The van der Waals surface area contributed by atoms with Crippen molar-refractivity contribution in [2.75, 3.05) is 5.75 Å². The van der Waals surface area contributed by atoms with E-state index in [-0.39, 0.29) is 11.7 Å². The van der Waals surface area contributed by atoms with Gasteiger partial charge in [0.05, 0.1) is 5.75 Å². The lowest BCUT2D eigenvalue weighted by Gasteiger charge is -2.21. The fourth-order valence-corrected chi connectivity index (χ4v) is 6.37. The standard InChI is InChI=1S/C28H24O6S2/c29-35(30,31)17-19-9-13-21(14-10-19)27-23-5-1-2-6-24(23)28(26-8-4-3-7-25(26)27)22-15-11-20(12-16-22)18-36(32,33)34/h1-11,13-16,20H,12,17-18H2,(H,29,30,31)(H,32,33,34)/t20-/m1/s1. The Hall–Kier alpha value is -3.30. The van der Waals surface area contributed by atoms with Gasteiger partial charge in [-0.25, -0.2) is 0 Å². The fourth-order valence-electron chi connectivity index (χ4n) is 4.97. The molecule has 184 valence electrons. The molecule has 0 aliphatic heterocycles. The van der Waals surface area contributed by atoms with Crippen molar-refractivity contribution in [3.8, 4) is 11.1 Å². The third-order valence-corrected chi connectivity index (χ3v) is 7.97. The molecule has 0 radical (unpaired) electrons. The van der Waals surface area contributed by atoms with E-state index < -0.39 is 26.0 Å². The van der Waals surface area contributed by atoms with Gasteiger partial charge in [0.1, 0.15) is 5.75 Å². The fraction of sp³-hybridized carbons (Fsp3) is 0.143. The number of benzene rings is 4. The highest BCUT2D eigenvalue weighted by atomic mass is 32.2. The Labute approximate surface area is 210 Å². The first-order chi connectivity index (χ1) is 17.1. The van der Waals surface area contributed by atoms with Crippen LogP contribution >= 0.6 is 0 Å². The minimum atomic E-state index is -4.12. The maximum absolute atomic E-state index is 11.3. The average Bonchev–Trinajstić information content (AvgIpc) is 2.82. The minimum Gasteiger partial charge on any atom is -0.286 e. The van der Waals surface area contributed by atoms with Crippen LogP contribution in [-0.2, 0) is 26.0 Å². The molecule has 5 rings (SSSR count). The van der Waals surface area contributed by atoms with Crippen LogP contribution in [0.15, 0.2) is 91.0 Å². The van der Waals surface area contributed by atoms with Crippen LogP contribution in [-0.4, -0.2) is 31.7 Å². The molecule has 4 aromatic rings.